The largest absolute Gasteiger partial charge is 0.378 e. The normalized spacial score (nSPS) is 21.4. The fraction of sp³-hybridized carbons (Fsp3) is 0.559. The molecule has 16 rings (SSSR count). The molecule has 1 fully saturated rings. The van der Waals surface area contributed by atoms with Crippen LogP contribution in [0.25, 0.3) is 0 Å². The fourth-order valence-electron chi connectivity index (χ4n) is 19.8. The van der Waals surface area contributed by atoms with Crippen LogP contribution in [0.15, 0.2) is 170 Å². The van der Waals surface area contributed by atoms with Gasteiger partial charge in [-0.25, -0.2) is 8.78 Å². The zero-order valence-corrected chi connectivity index (χ0v) is 92.6. The van der Waals surface area contributed by atoms with E-state index in [-0.39, 0.29) is 30.0 Å². The van der Waals surface area contributed by atoms with Gasteiger partial charge in [-0.05, 0) is 289 Å². The summed E-state index contributed by atoms with van der Waals surface area (Å²) in [5.41, 5.74) is 12.7. The number of nitrogens with zero attached hydrogens (tertiary/aromatic N) is 1. The molecule has 1 aliphatic heterocycles. The molecule has 7 unspecified atom stereocenters. The first-order valence-electron chi connectivity index (χ1n) is 56.5. The first-order chi connectivity index (χ1) is 71.1. The molecule has 1 saturated carbocycles. The Bertz CT molecular complexity index is 5710. The highest BCUT2D eigenvalue weighted by atomic mass is 19.3. The average molecular weight is 2020 g/mol. The second-order valence-electron chi connectivity index (χ2n) is 44.6. The Hall–Kier alpha value is -10.4. The predicted octanol–water partition coefficient (Wildman–Crippen LogP) is 34.9. The zero-order valence-electron chi connectivity index (χ0n) is 92.6. The maximum atomic E-state index is 14.8. The van der Waals surface area contributed by atoms with Crippen molar-refractivity contribution in [3.63, 3.8) is 0 Å². The number of ketones is 1. The van der Waals surface area contributed by atoms with Crippen LogP contribution in [0.5, 0.6) is 0 Å². The van der Waals surface area contributed by atoms with Gasteiger partial charge >= 0.3 is 11.8 Å². The number of alkyl halides is 6. The lowest BCUT2D eigenvalue weighted by atomic mass is 9.86. The molecule has 9 aliphatic rings. The van der Waals surface area contributed by atoms with Gasteiger partial charge in [-0.3, -0.25) is 9.59 Å². The van der Waals surface area contributed by atoms with Crippen molar-refractivity contribution in [2.75, 3.05) is 11.5 Å². The number of unbranched alkanes of at least 4 members (excludes halogenated alkanes) is 1. The number of amides is 1. The van der Waals surface area contributed by atoms with Gasteiger partial charge in [-0.2, -0.15) is 17.6 Å². The minimum Gasteiger partial charge on any atom is -0.378 e. The molecule has 7 aromatic rings. The van der Waals surface area contributed by atoms with E-state index in [2.05, 4.69) is 283 Å². The van der Waals surface area contributed by atoms with E-state index in [1.807, 2.05) is 97.6 Å². The smallest absolute Gasteiger partial charge is 0.311 e. The Morgan fingerprint density at radius 3 is 1.46 bits per heavy atom. The SMILES string of the molecule is CC(C)CC1CCCCC#CC1(F)F.CC(C)CCCC(=O)N1Cc2ccccc2C#Cc2ccccc21.CC(C)CCCCC(=O)C1(F)C#CCCCCC1.CC(C)OC1Cc2ccccc2C#Cc2ccccc21.CC(C)OCC1[C@H]2CCC#CCC[C@@H]12.CC(C)c1ccc(CC2(F)C#CCCCCC2)cc1.CC(C)c1ccc(CC2CCCCC#CC2(F)F)cc1.CC(C)c1ccc(COC2C#CCCCCC2)cc1. The Morgan fingerprint density at radius 1 is 0.405 bits per heavy atom. The van der Waals surface area contributed by atoms with Gasteiger partial charge in [-0.1, -0.05) is 339 Å². The molecule has 0 saturated heterocycles. The van der Waals surface area contributed by atoms with Crippen LogP contribution in [0.1, 0.15) is 432 Å². The molecule has 148 heavy (non-hydrogen) atoms. The predicted molar refractivity (Wildman–Crippen MR) is 603 cm³/mol. The summed E-state index contributed by atoms with van der Waals surface area (Å²) >= 11 is 0. The standard InChI is InChI=1S/C22H23NO.C19H18O.C18H22F2.C18H23F.C18H24O.C16H25FO.C13H20O.C12H18F2/c1-17(2)8-7-13-22(24)23-16-20-11-4-3-9-18(20)14-15-19-10-5-6-12-21(19)23;1-14(2)20-19-13-17-9-4-3-7-15(17)11-12-16-8-5-6-10-18(16)19;1-14(2)16-10-8-15(9-11-16)13-17-7-5-3-4-6-12-18(17,19)20;1-15(2)17-10-8-16(9-11-17)14-18(19)12-6-4-3-5-7-13-18;1-15(2)17-12-10-16(11-13-17)14-19-18-8-6-4-3-5-7-9-18;1-14(2)10-6-7-11-15(18)16(17)12-8-4-3-5-9-13-16;1-10(2)14-9-13-11-7-5-3-4-6-8-12(11)13;1-10(2)9-11-7-5-3-4-6-8-12(11,13)14/h3-6,9-12,17H,7-8,13,16H2,1-2H3;3-10,14,19H,13H2,1-2H3;8-11,14,17H,3-5,7,13H2,1-2H3;8-11,15H,3-6,12,14H2,1-2H3;10-13,15,18H,3-6,8,14H2,1-2H3;14H,3-8,10-12H2,1-2H3;10-13H,5-9H2,1-2H3;10-11H,3-5,7,9H2,1-2H3/t;;;;;;11-,12+,13?;. The van der Waals surface area contributed by atoms with Crippen molar-refractivity contribution >= 4 is 17.4 Å². The van der Waals surface area contributed by atoms with Crippen molar-refractivity contribution in [2.45, 2.75) is 433 Å². The molecular weight excluding hydrogens is 1840 g/mol. The number of hydrogen-bond acceptors (Lipinski definition) is 5. The first-order valence-corrected chi connectivity index (χ1v) is 56.5. The van der Waals surface area contributed by atoms with Gasteiger partial charge in [0.1, 0.15) is 6.10 Å². The van der Waals surface area contributed by atoms with Gasteiger partial charge < -0.3 is 19.1 Å². The van der Waals surface area contributed by atoms with E-state index in [4.69, 9.17) is 14.2 Å². The van der Waals surface area contributed by atoms with Crippen molar-refractivity contribution in [2.24, 2.45) is 47.3 Å². The van der Waals surface area contributed by atoms with E-state index in [1.165, 1.54) is 65.5 Å². The fourth-order valence-corrected chi connectivity index (χ4v) is 19.8. The number of carbonyl (C=O) groups is 2. The molecule has 0 N–H and O–H groups in total. The number of Topliss-reactive ketones (excluding diaryl/α,β-unsaturated/α-hetero) is 1. The van der Waals surface area contributed by atoms with Crippen LogP contribution < -0.4 is 4.90 Å². The van der Waals surface area contributed by atoms with Gasteiger partial charge in [0.05, 0.1) is 43.8 Å². The summed E-state index contributed by atoms with van der Waals surface area (Å²) in [6.07, 6.45) is 34.2. The van der Waals surface area contributed by atoms with Crippen molar-refractivity contribution in [1.82, 2.24) is 0 Å². The molecule has 6 nitrogen and oxygen atoms in total. The van der Waals surface area contributed by atoms with Crippen LogP contribution in [0.2, 0.25) is 0 Å². The lowest BCUT2D eigenvalue weighted by Gasteiger charge is -2.26. The Kier molecular flexibility index (Phi) is 52.7. The molecule has 0 spiro atoms. The molecule has 1 amide bonds. The van der Waals surface area contributed by atoms with E-state index >= 15 is 0 Å². The molecule has 0 radical (unpaired) electrons. The number of halogens is 6. The molecule has 7 aromatic carbocycles. The lowest BCUT2D eigenvalue weighted by Crippen LogP contribution is -2.32. The lowest BCUT2D eigenvalue weighted by molar-refractivity contribution is -0.127. The van der Waals surface area contributed by atoms with E-state index < -0.39 is 35.0 Å². The van der Waals surface area contributed by atoms with Crippen LogP contribution in [-0.4, -0.2) is 59.8 Å². The second kappa shape index (κ2) is 64.3. The third-order valence-electron chi connectivity index (χ3n) is 28.9. The van der Waals surface area contributed by atoms with Gasteiger partial charge in [0.2, 0.25) is 11.6 Å². The maximum Gasteiger partial charge on any atom is 0.311 e. The summed E-state index contributed by atoms with van der Waals surface area (Å²) in [6.45, 7) is 36.4. The number of para-hydroxylation sites is 1. The molecule has 12 heteroatoms. The Labute approximate surface area is 890 Å². The number of benzene rings is 7. The van der Waals surface area contributed by atoms with Crippen molar-refractivity contribution in [3.8, 4) is 94.7 Å². The summed E-state index contributed by atoms with van der Waals surface area (Å²) < 4.78 is 102. The van der Waals surface area contributed by atoms with E-state index in [0.717, 1.165) is 210 Å². The minimum atomic E-state index is -2.85. The highest BCUT2D eigenvalue weighted by molar-refractivity contribution is 5.95. The molecule has 8 aliphatic carbocycles. The van der Waals surface area contributed by atoms with Crippen molar-refractivity contribution in [1.29, 1.82) is 0 Å². The zero-order chi connectivity index (χ0) is 107. The minimum absolute atomic E-state index is 0.0712. The van der Waals surface area contributed by atoms with Crippen LogP contribution in [-0.2, 0) is 56.2 Å². The third kappa shape index (κ3) is 43.9. The molecule has 0 bridgehead atoms. The monoisotopic (exact) mass is 2010 g/mol. The molecule has 9 atom stereocenters. The van der Waals surface area contributed by atoms with E-state index in [0.29, 0.717) is 125 Å². The molecule has 0 aromatic heterocycles. The molecular formula is C136H173F6NO5. The highest BCUT2D eigenvalue weighted by Crippen LogP contribution is 2.53. The second-order valence-corrected chi connectivity index (χ2v) is 44.6. The first kappa shape index (κ1) is 121. The summed E-state index contributed by atoms with van der Waals surface area (Å²) in [4.78, 5) is 26.8. The van der Waals surface area contributed by atoms with Crippen LogP contribution in [0, 0.1) is 142 Å². The summed E-state index contributed by atoms with van der Waals surface area (Å²) in [7, 11) is 0. The number of rotatable bonds is 27. The van der Waals surface area contributed by atoms with Gasteiger partial charge in [0, 0.05) is 111 Å². The van der Waals surface area contributed by atoms with Crippen molar-refractivity contribution in [3.05, 3.63) is 242 Å². The quantitative estimate of drug-likeness (QED) is 0.0292. The van der Waals surface area contributed by atoms with E-state index in [9.17, 15) is 35.9 Å². The topological polar surface area (TPSA) is 65.1 Å². The van der Waals surface area contributed by atoms with E-state index in [1.54, 1.807) is 0 Å². The van der Waals surface area contributed by atoms with Gasteiger partial charge in [0.15, 0.2) is 11.5 Å². The van der Waals surface area contributed by atoms with Crippen LogP contribution >= 0.6 is 0 Å². The third-order valence-corrected chi connectivity index (χ3v) is 28.9. The van der Waals surface area contributed by atoms with Gasteiger partial charge in [-0.15, -0.1) is 17.8 Å². The number of fused-ring (bicyclic) bond motifs is 5. The number of ether oxygens (including phenoxy) is 3. The summed E-state index contributed by atoms with van der Waals surface area (Å²) in [5, 5.41) is 0. The summed E-state index contributed by atoms with van der Waals surface area (Å²) in [6, 6.07) is 57.8. The average Bonchev–Trinajstić information content (AvgIpc) is 1.62. The van der Waals surface area contributed by atoms with Crippen LogP contribution in [0.4, 0.5) is 32.0 Å². The number of hydrogen-bond donors (Lipinski definition) is 0. The maximum absolute atomic E-state index is 14.8. The highest BCUT2D eigenvalue weighted by Gasteiger charge is 2.49. The number of carbonyl (C=O) groups excluding carboxylic acids is 2. The van der Waals surface area contributed by atoms with Gasteiger partial charge in [0.25, 0.3) is 0 Å². The Balaban J connectivity index is 0.000000189. The molecule has 794 valence electrons. The van der Waals surface area contributed by atoms with Crippen LogP contribution in [0.3, 0.4) is 0 Å². The van der Waals surface area contributed by atoms with Crippen molar-refractivity contribution < 1.29 is 50.1 Å². The molecule has 1 heterocycles. The summed E-state index contributed by atoms with van der Waals surface area (Å²) in [5.74, 6) is 45.8. The Morgan fingerprint density at radius 2 is 0.878 bits per heavy atom. The number of anilines is 1.